The lowest BCUT2D eigenvalue weighted by atomic mass is 9.98. The van der Waals surface area contributed by atoms with Crippen molar-refractivity contribution in [1.29, 1.82) is 0 Å². The monoisotopic (exact) mass is 218 g/mol. The summed E-state index contributed by atoms with van der Waals surface area (Å²) in [7, 11) is 4.09. The number of aryl methyl sites for hydroxylation is 1. The van der Waals surface area contributed by atoms with Gasteiger partial charge in [-0.2, -0.15) is 9.61 Å². The number of nitrogens with zero attached hydrogens (tertiary/aromatic N) is 4. The fourth-order valence-electron chi connectivity index (χ4n) is 2.22. The van der Waals surface area contributed by atoms with Crippen LogP contribution in [0.4, 0.5) is 5.82 Å². The Bertz CT molecular complexity index is 511. The van der Waals surface area contributed by atoms with E-state index in [0.29, 0.717) is 5.92 Å². The molecule has 86 valence electrons. The predicted molar refractivity (Wildman–Crippen MR) is 66.1 cm³/mol. The number of fused-ring (bicyclic) bond motifs is 1. The zero-order valence-electron chi connectivity index (χ0n) is 10.5. The molecule has 0 saturated carbocycles. The summed E-state index contributed by atoms with van der Waals surface area (Å²) in [6.45, 7) is 6.55. The molecule has 4 nitrogen and oxygen atoms in total. The van der Waals surface area contributed by atoms with E-state index in [1.165, 1.54) is 11.1 Å². The van der Waals surface area contributed by atoms with Gasteiger partial charge in [-0.05, 0) is 24.5 Å². The molecule has 0 fully saturated rings. The smallest absolute Gasteiger partial charge is 0.157 e. The highest BCUT2D eigenvalue weighted by molar-refractivity contribution is 5.59. The van der Waals surface area contributed by atoms with E-state index in [9.17, 15) is 0 Å². The lowest BCUT2D eigenvalue weighted by Gasteiger charge is -2.22. The van der Waals surface area contributed by atoms with Crippen molar-refractivity contribution < 1.29 is 0 Å². The molecular formula is C12H18N4. The van der Waals surface area contributed by atoms with Gasteiger partial charge in [0.2, 0.25) is 0 Å². The van der Waals surface area contributed by atoms with E-state index < -0.39 is 0 Å². The fourth-order valence-corrected chi connectivity index (χ4v) is 2.22. The van der Waals surface area contributed by atoms with E-state index in [1.807, 2.05) is 18.6 Å². The van der Waals surface area contributed by atoms with Crippen LogP contribution >= 0.6 is 0 Å². The lowest BCUT2D eigenvalue weighted by molar-refractivity contribution is 0.809. The van der Waals surface area contributed by atoms with Gasteiger partial charge in [0.05, 0.1) is 0 Å². The Morgan fingerprint density at radius 1 is 1.31 bits per heavy atom. The van der Waals surface area contributed by atoms with Crippen LogP contribution in [0.1, 0.15) is 30.9 Å². The molecule has 0 saturated heterocycles. The average molecular weight is 218 g/mol. The molecular weight excluding hydrogens is 200 g/mol. The SMILES string of the molecule is Cc1cc2ncnn2c(N(C)C)c1C(C)C. The first-order chi connectivity index (χ1) is 7.52. The van der Waals surface area contributed by atoms with Crippen molar-refractivity contribution in [1.82, 2.24) is 14.6 Å². The largest absolute Gasteiger partial charge is 0.362 e. The van der Waals surface area contributed by atoms with Crippen molar-refractivity contribution in [2.45, 2.75) is 26.7 Å². The first-order valence-electron chi connectivity index (χ1n) is 5.53. The molecule has 0 aliphatic carbocycles. The Morgan fingerprint density at radius 2 is 2.00 bits per heavy atom. The van der Waals surface area contributed by atoms with Crippen LogP contribution in [-0.4, -0.2) is 28.7 Å². The van der Waals surface area contributed by atoms with Gasteiger partial charge in [-0.1, -0.05) is 13.8 Å². The first-order valence-corrected chi connectivity index (χ1v) is 5.53. The van der Waals surface area contributed by atoms with Crippen molar-refractivity contribution in [3.63, 3.8) is 0 Å². The van der Waals surface area contributed by atoms with Crippen LogP contribution < -0.4 is 4.90 Å². The third kappa shape index (κ3) is 1.54. The molecule has 4 heteroatoms. The summed E-state index contributed by atoms with van der Waals surface area (Å²) in [6, 6.07) is 2.09. The Morgan fingerprint density at radius 3 is 2.56 bits per heavy atom. The molecule has 16 heavy (non-hydrogen) atoms. The van der Waals surface area contributed by atoms with E-state index in [-0.39, 0.29) is 0 Å². The molecule has 0 N–H and O–H groups in total. The molecule has 0 atom stereocenters. The summed E-state index contributed by atoms with van der Waals surface area (Å²) in [5.41, 5.74) is 3.52. The van der Waals surface area contributed by atoms with Crippen LogP contribution in [0, 0.1) is 6.92 Å². The van der Waals surface area contributed by atoms with Gasteiger partial charge in [-0.3, -0.25) is 0 Å². The van der Waals surface area contributed by atoms with Gasteiger partial charge in [0.25, 0.3) is 0 Å². The second-order valence-electron chi connectivity index (χ2n) is 4.64. The molecule has 0 aliphatic rings. The Labute approximate surface area is 95.9 Å². The normalized spacial score (nSPS) is 11.4. The van der Waals surface area contributed by atoms with Crippen molar-refractivity contribution in [2.24, 2.45) is 0 Å². The highest BCUT2D eigenvalue weighted by atomic mass is 15.3. The molecule has 2 aromatic heterocycles. The number of pyridine rings is 1. The number of aromatic nitrogens is 3. The molecule has 0 amide bonds. The number of anilines is 1. The molecule has 0 unspecified atom stereocenters. The summed E-state index contributed by atoms with van der Waals surface area (Å²) >= 11 is 0. The van der Waals surface area contributed by atoms with E-state index in [4.69, 9.17) is 0 Å². The fraction of sp³-hybridized carbons (Fsp3) is 0.500. The van der Waals surface area contributed by atoms with Crippen molar-refractivity contribution in [3.05, 3.63) is 23.5 Å². The molecule has 0 aliphatic heterocycles. The van der Waals surface area contributed by atoms with Crippen LogP contribution in [0.2, 0.25) is 0 Å². The molecule has 0 spiro atoms. The maximum Gasteiger partial charge on any atom is 0.157 e. The molecule has 2 rings (SSSR count). The zero-order chi connectivity index (χ0) is 11.9. The van der Waals surface area contributed by atoms with E-state index in [2.05, 4.69) is 41.8 Å². The third-order valence-corrected chi connectivity index (χ3v) is 2.79. The second kappa shape index (κ2) is 3.77. The lowest BCUT2D eigenvalue weighted by Crippen LogP contribution is -2.18. The van der Waals surface area contributed by atoms with Crippen LogP contribution in [0.3, 0.4) is 0 Å². The van der Waals surface area contributed by atoms with Crippen molar-refractivity contribution in [3.8, 4) is 0 Å². The molecule has 0 radical (unpaired) electrons. The molecule has 2 aromatic rings. The van der Waals surface area contributed by atoms with Gasteiger partial charge in [-0.25, -0.2) is 4.98 Å². The zero-order valence-corrected chi connectivity index (χ0v) is 10.5. The standard InChI is InChI=1S/C12H18N4/c1-8(2)11-9(3)6-10-13-7-14-16(10)12(11)15(4)5/h6-8H,1-5H3. The van der Waals surface area contributed by atoms with Crippen LogP contribution in [0.5, 0.6) is 0 Å². The van der Waals surface area contributed by atoms with Gasteiger partial charge < -0.3 is 4.90 Å². The van der Waals surface area contributed by atoms with Crippen LogP contribution in [-0.2, 0) is 0 Å². The number of hydrogen-bond donors (Lipinski definition) is 0. The Kier molecular flexibility index (Phi) is 2.58. The van der Waals surface area contributed by atoms with Gasteiger partial charge in [0.15, 0.2) is 5.65 Å². The average Bonchev–Trinajstić information content (AvgIpc) is 2.61. The van der Waals surface area contributed by atoms with Crippen LogP contribution in [0.25, 0.3) is 5.65 Å². The Hall–Kier alpha value is -1.58. The third-order valence-electron chi connectivity index (χ3n) is 2.79. The minimum atomic E-state index is 0.478. The maximum atomic E-state index is 4.29. The maximum absolute atomic E-state index is 4.29. The second-order valence-corrected chi connectivity index (χ2v) is 4.64. The summed E-state index contributed by atoms with van der Waals surface area (Å²) < 4.78 is 1.91. The van der Waals surface area contributed by atoms with E-state index in [0.717, 1.165) is 11.5 Å². The van der Waals surface area contributed by atoms with Crippen molar-refractivity contribution in [2.75, 3.05) is 19.0 Å². The van der Waals surface area contributed by atoms with Gasteiger partial charge in [0, 0.05) is 19.7 Å². The predicted octanol–water partition coefficient (Wildman–Crippen LogP) is 2.23. The van der Waals surface area contributed by atoms with Gasteiger partial charge in [-0.15, -0.1) is 0 Å². The minimum Gasteiger partial charge on any atom is -0.362 e. The number of hydrogen-bond acceptors (Lipinski definition) is 3. The van der Waals surface area contributed by atoms with Gasteiger partial charge >= 0.3 is 0 Å². The quantitative estimate of drug-likeness (QED) is 0.775. The summed E-state index contributed by atoms with van der Waals surface area (Å²) in [5, 5.41) is 4.29. The van der Waals surface area contributed by atoms with E-state index in [1.54, 1.807) is 6.33 Å². The topological polar surface area (TPSA) is 33.4 Å². The Balaban J connectivity index is 2.85. The highest BCUT2D eigenvalue weighted by Crippen LogP contribution is 2.29. The highest BCUT2D eigenvalue weighted by Gasteiger charge is 2.16. The van der Waals surface area contributed by atoms with Crippen LogP contribution in [0.15, 0.2) is 12.4 Å². The molecule has 0 bridgehead atoms. The summed E-state index contributed by atoms with van der Waals surface area (Å²) in [4.78, 5) is 6.35. The summed E-state index contributed by atoms with van der Waals surface area (Å²) in [5.74, 6) is 1.61. The van der Waals surface area contributed by atoms with E-state index >= 15 is 0 Å². The first kappa shape index (κ1) is 10.9. The molecule has 2 heterocycles. The molecule has 0 aromatic carbocycles. The van der Waals surface area contributed by atoms with Crippen molar-refractivity contribution >= 4 is 11.5 Å². The minimum absolute atomic E-state index is 0.478. The number of rotatable bonds is 2. The van der Waals surface area contributed by atoms with Gasteiger partial charge in [0.1, 0.15) is 12.1 Å². The summed E-state index contributed by atoms with van der Waals surface area (Å²) in [6.07, 6.45) is 1.60.